The number of nitrogens with zero attached hydrogens (tertiary/aromatic N) is 2. The van der Waals surface area contributed by atoms with Gasteiger partial charge in [0.15, 0.2) is 0 Å². The Labute approximate surface area is 95.2 Å². The van der Waals surface area contributed by atoms with Crippen LogP contribution < -0.4 is 0 Å². The summed E-state index contributed by atoms with van der Waals surface area (Å²) in [6.07, 6.45) is 4.03. The van der Waals surface area contributed by atoms with Gasteiger partial charge in [-0.05, 0) is 23.3 Å². The first-order valence-corrected chi connectivity index (χ1v) is 5.23. The molecule has 16 heavy (non-hydrogen) atoms. The number of hydrogen-bond donors (Lipinski definition) is 0. The Morgan fingerprint density at radius 2 is 1.62 bits per heavy atom. The number of benzene rings is 1. The summed E-state index contributed by atoms with van der Waals surface area (Å²) in [4.78, 5) is 4.00. The zero-order valence-electron chi connectivity index (χ0n) is 8.88. The van der Waals surface area contributed by atoms with Crippen LogP contribution in [0.4, 0.5) is 0 Å². The van der Waals surface area contributed by atoms with Gasteiger partial charge in [0.25, 0.3) is 0 Å². The van der Waals surface area contributed by atoms with E-state index in [1.807, 2.05) is 30.3 Å². The van der Waals surface area contributed by atoms with Gasteiger partial charge in [-0.2, -0.15) is 5.26 Å². The van der Waals surface area contributed by atoms with E-state index in [0.29, 0.717) is 6.42 Å². The number of rotatable bonds is 3. The van der Waals surface area contributed by atoms with Crippen molar-refractivity contribution in [3.63, 3.8) is 0 Å². The number of pyridine rings is 1. The van der Waals surface area contributed by atoms with E-state index in [9.17, 15) is 0 Å². The van der Waals surface area contributed by atoms with Crippen molar-refractivity contribution in [2.24, 2.45) is 0 Å². The highest BCUT2D eigenvalue weighted by Crippen LogP contribution is 2.26. The van der Waals surface area contributed by atoms with Crippen LogP contribution in [0.3, 0.4) is 0 Å². The quantitative estimate of drug-likeness (QED) is 0.777. The molecule has 0 aliphatic heterocycles. The summed E-state index contributed by atoms with van der Waals surface area (Å²) < 4.78 is 0. The van der Waals surface area contributed by atoms with Crippen LogP contribution in [0.5, 0.6) is 0 Å². The SMILES string of the molecule is N#CC[C@@H](c1ccccc1)c1ccncc1. The van der Waals surface area contributed by atoms with E-state index in [1.165, 1.54) is 5.56 Å². The molecule has 0 saturated heterocycles. The second-order valence-electron chi connectivity index (χ2n) is 3.61. The fourth-order valence-electron chi connectivity index (χ4n) is 1.80. The lowest BCUT2D eigenvalue weighted by Crippen LogP contribution is -1.99. The average Bonchev–Trinajstić information content (AvgIpc) is 2.38. The van der Waals surface area contributed by atoms with Gasteiger partial charge in [-0.3, -0.25) is 4.98 Å². The lowest BCUT2D eigenvalue weighted by Gasteiger charge is -2.13. The fraction of sp³-hybridized carbons (Fsp3) is 0.143. The third kappa shape index (κ3) is 2.26. The van der Waals surface area contributed by atoms with E-state index >= 15 is 0 Å². The minimum atomic E-state index is 0.147. The van der Waals surface area contributed by atoms with Gasteiger partial charge >= 0.3 is 0 Å². The van der Waals surface area contributed by atoms with E-state index in [0.717, 1.165) is 5.56 Å². The Kier molecular flexibility index (Phi) is 3.30. The van der Waals surface area contributed by atoms with Crippen molar-refractivity contribution in [1.29, 1.82) is 5.26 Å². The monoisotopic (exact) mass is 208 g/mol. The molecule has 2 heteroatoms. The van der Waals surface area contributed by atoms with Crippen molar-refractivity contribution >= 4 is 0 Å². The maximum Gasteiger partial charge on any atom is 0.0631 e. The molecule has 0 spiro atoms. The summed E-state index contributed by atoms with van der Waals surface area (Å²) in [7, 11) is 0. The summed E-state index contributed by atoms with van der Waals surface area (Å²) in [5, 5.41) is 8.89. The summed E-state index contributed by atoms with van der Waals surface area (Å²) in [6.45, 7) is 0. The first-order chi connectivity index (χ1) is 7.92. The topological polar surface area (TPSA) is 36.7 Å². The van der Waals surface area contributed by atoms with E-state index in [4.69, 9.17) is 5.26 Å². The van der Waals surface area contributed by atoms with Crippen molar-refractivity contribution in [3.8, 4) is 6.07 Å². The molecule has 1 aromatic heterocycles. The van der Waals surface area contributed by atoms with Crippen LogP contribution in [-0.4, -0.2) is 4.98 Å². The van der Waals surface area contributed by atoms with E-state index in [-0.39, 0.29) is 5.92 Å². The van der Waals surface area contributed by atoms with Crippen LogP contribution in [0.1, 0.15) is 23.5 Å². The van der Waals surface area contributed by atoms with E-state index < -0.39 is 0 Å². The minimum Gasteiger partial charge on any atom is -0.265 e. The van der Waals surface area contributed by atoms with Crippen LogP contribution >= 0.6 is 0 Å². The van der Waals surface area contributed by atoms with Crippen LogP contribution in [-0.2, 0) is 0 Å². The van der Waals surface area contributed by atoms with Crippen molar-refractivity contribution in [3.05, 3.63) is 66.0 Å². The third-order valence-electron chi connectivity index (χ3n) is 2.61. The maximum atomic E-state index is 8.89. The molecule has 2 nitrogen and oxygen atoms in total. The number of aromatic nitrogens is 1. The van der Waals surface area contributed by atoms with E-state index in [1.54, 1.807) is 12.4 Å². The molecule has 2 aromatic rings. The van der Waals surface area contributed by atoms with Crippen LogP contribution in [0.25, 0.3) is 0 Å². The predicted octanol–water partition coefficient (Wildman–Crippen LogP) is 3.13. The zero-order valence-corrected chi connectivity index (χ0v) is 8.88. The van der Waals surface area contributed by atoms with Crippen molar-refractivity contribution < 1.29 is 0 Å². The van der Waals surface area contributed by atoms with Gasteiger partial charge in [-0.25, -0.2) is 0 Å². The minimum absolute atomic E-state index is 0.147. The van der Waals surface area contributed by atoms with Gasteiger partial charge in [0.2, 0.25) is 0 Å². The lowest BCUT2D eigenvalue weighted by atomic mass is 9.90. The zero-order chi connectivity index (χ0) is 11.2. The Bertz CT molecular complexity index is 432. The Hall–Kier alpha value is -2.14. The molecule has 0 aliphatic carbocycles. The maximum absolute atomic E-state index is 8.89. The molecule has 0 saturated carbocycles. The molecule has 0 N–H and O–H groups in total. The summed E-state index contributed by atoms with van der Waals surface area (Å²) in [5.41, 5.74) is 2.32. The standard InChI is InChI=1S/C14H12N2/c15-9-6-14(12-4-2-1-3-5-12)13-7-10-16-11-8-13/h1-5,7-8,10-11,14H,6H2/t14-/m0/s1. The Morgan fingerprint density at radius 3 is 2.25 bits per heavy atom. The van der Waals surface area contributed by atoms with Crippen molar-refractivity contribution in [1.82, 2.24) is 4.98 Å². The summed E-state index contributed by atoms with van der Waals surface area (Å²) in [5.74, 6) is 0.147. The first-order valence-electron chi connectivity index (χ1n) is 5.23. The van der Waals surface area contributed by atoms with Crippen molar-refractivity contribution in [2.45, 2.75) is 12.3 Å². The van der Waals surface area contributed by atoms with Crippen LogP contribution in [0.15, 0.2) is 54.9 Å². The number of hydrogen-bond acceptors (Lipinski definition) is 2. The smallest absolute Gasteiger partial charge is 0.0631 e. The molecule has 78 valence electrons. The van der Waals surface area contributed by atoms with Gasteiger partial charge < -0.3 is 0 Å². The summed E-state index contributed by atoms with van der Waals surface area (Å²) >= 11 is 0. The molecule has 1 aromatic carbocycles. The molecular formula is C14H12N2. The Morgan fingerprint density at radius 1 is 1.00 bits per heavy atom. The predicted molar refractivity (Wildman–Crippen MR) is 62.8 cm³/mol. The van der Waals surface area contributed by atoms with Gasteiger partial charge in [-0.15, -0.1) is 0 Å². The van der Waals surface area contributed by atoms with Gasteiger partial charge in [0.1, 0.15) is 0 Å². The Balaban J connectivity index is 2.36. The second kappa shape index (κ2) is 5.09. The van der Waals surface area contributed by atoms with Crippen LogP contribution in [0.2, 0.25) is 0 Å². The largest absolute Gasteiger partial charge is 0.265 e. The summed E-state index contributed by atoms with van der Waals surface area (Å²) in [6, 6.07) is 16.3. The molecular weight excluding hydrogens is 196 g/mol. The van der Waals surface area contributed by atoms with Gasteiger partial charge in [-0.1, -0.05) is 30.3 Å². The molecule has 0 unspecified atom stereocenters. The molecule has 0 radical (unpaired) electrons. The molecule has 0 amide bonds. The molecule has 0 fully saturated rings. The first kappa shape index (κ1) is 10.4. The molecule has 1 atom stereocenters. The normalized spacial score (nSPS) is 11.7. The highest BCUT2D eigenvalue weighted by atomic mass is 14.6. The average molecular weight is 208 g/mol. The second-order valence-corrected chi connectivity index (χ2v) is 3.61. The fourth-order valence-corrected chi connectivity index (χ4v) is 1.80. The number of nitriles is 1. The van der Waals surface area contributed by atoms with Gasteiger partial charge in [0, 0.05) is 24.7 Å². The van der Waals surface area contributed by atoms with Crippen molar-refractivity contribution in [2.75, 3.05) is 0 Å². The van der Waals surface area contributed by atoms with Gasteiger partial charge in [0.05, 0.1) is 6.07 Å². The molecule has 2 rings (SSSR count). The molecule has 0 bridgehead atoms. The highest BCUT2D eigenvalue weighted by molar-refractivity contribution is 5.32. The van der Waals surface area contributed by atoms with Crippen LogP contribution in [0, 0.1) is 11.3 Å². The lowest BCUT2D eigenvalue weighted by molar-refractivity contribution is 0.835. The molecule has 0 aliphatic rings. The highest BCUT2D eigenvalue weighted by Gasteiger charge is 2.12. The van der Waals surface area contributed by atoms with E-state index in [2.05, 4.69) is 23.2 Å². The third-order valence-corrected chi connectivity index (χ3v) is 2.61. The molecule has 1 heterocycles.